The zero-order chi connectivity index (χ0) is 25.1. The Balaban J connectivity index is 5.42. The van der Waals surface area contributed by atoms with Crippen molar-refractivity contribution in [1.82, 2.24) is 0 Å². The van der Waals surface area contributed by atoms with Crippen LogP contribution in [-0.2, 0) is 28.9 Å². The highest BCUT2D eigenvalue weighted by Gasteiger charge is 2.49. The molecule has 0 radical (unpaired) electrons. The minimum atomic E-state index is -3.89. The molecule has 0 saturated heterocycles. The zero-order valence-electron chi connectivity index (χ0n) is 21.8. The minimum absolute atomic E-state index is 0.136. The van der Waals surface area contributed by atoms with Gasteiger partial charge in [0, 0.05) is 16.6 Å². The summed E-state index contributed by atoms with van der Waals surface area (Å²) in [6.45, 7) is 15.5. The van der Waals surface area contributed by atoms with Gasteiger partial charge in [-0.05, 0) is 32.6 Å². The summed E-state index contributed by atoms with van der Waals surface area (Å²) in [5, 5.41) is 0. The molecule has 32 heavy (non-hydrogen) atoms. The van der Waals surface area contributed by atoms with Crippen LogP contribution in [0.5, 0.6) is 0 Å². The van der Waals surface area contributed by atoms with E-state index >= 15 is 0 Å². The normalized spacial score (nSPS) is 17.6. The molecule has 0 aliphatic rings. The van der Waals surface area contributed by atoms with Gasteiger partial charge in [-0.1, -0.05) is 74.1 Å². The predicted octanol–water partition coefficient (Wildman–Crippen LogP) is 5.87. The van der Waals surface area contributed by atoms with E-state index in [1.54, 1.807) is 0 Å². The lowest BCUT2D eigenvalue weighted by molar-refractivity contribution is -0.156. The first kappa shape index (κ1) is 30.9. The van der Waals surface area contributed by atoms with Gasteiger partial charge in [-0.3, -0.25) is 9.59 Å². The van der Waals surface area contributed by atoms with Gasteiger partial charge in [-0.2, -0.15) is 0 Å². The minimum Gasteiger partial charge on any atom is -0.465 e. The quantitative estimate of drug-likeness (QED) is 0.244. The lowest BCUT2D eigenvalue weighted by atomic mass is 9.83. The molecule has 0 aromatic rings. The number of hydrogen-bond donors (Lipinski definition) is 0. The molecular weight excluding hydrogens is 428 g/mol. The molecule has 0 aliphatic heterocycles. The third-order valence-electron chi connectivity index (χ3n) is 7.09. The molecule has 0 amide bonds. The fourth-order valence-corrected chi connectivity index (χ4v) is 4.80. The molecule has 0 heterocycles. The first-order chi connectivity index (χ1) is 14.8. The van der Waals surface area contributed by atoms with Gasteiger partial charge < -0.3 is 9.47 Å². The van der Waals surface area contributed by atoms with Crippen LogP contribution in [0.4, 0.5) is 0 Å². The molecule has 0 aromatic carbocycles. The van der Waals surface area contributed by atoms with Gasteiger partial charge in [-0.25, -0.2) is 8.42 Å². The summed E-state index contributed by atoms with van der Waals surface area (Å²) in [5.41, 5.74) is -0.375. The van der Waals surface area contributed by atoms with Crippen LogP contribution >= 0.6 is 0 Å². The van der Waals surface area contributed by atoms with Gasteiger partial charge >= 0.3 is 11.9 Å². The van der Waals surface area contributed by atoms with Crippen molar-refractivity contribution in [2.45, 2.75) is 118 Å². The second kappa shape index (κ2) is 13.6. The summed E-state index contributed by atoms with van der Waals surface area (Å²) in [7, 11) is -3.89. The van der Waals surface area contributed by atoms with E-state index in [1.165, 1.54) is 13.8 Å². The van der Waals surface area contributed by atoms with Gasteiger partial charge in [0.05, 0.1) is 19.6 Å². The smallest absolute Gasteiger partial charge is 0.327 e. The number of rotatable bonds is 17. The van der Waals surface area contributed by atoms with Gasteiger partial charge in [0.2, 0.25) is 0 Å². The van der Waals surface area contributed by atoms with Gasteiger partial charge in [0.1, 0.15) is 0 Å². The largest absolute Gasteiger partial charge is 0.465 e. The number of sulfone groups is 1. The molecule has 0 aromatic heterocycles. The van der Waals surface area contributed by atoms with Crippen LogP contribution in [-0.4, -0.2) is 44.1 Å². The molecule has 0 rings (SSSR count). The average Bonchev–Trinajstić information content (AvgIpc) is 2.78. The Hall–Kier alpha value is -1.11. The first-order valence-corrected chi connectivity index (χ1v) is 14.0. The molecule has 0 bridgehead atoms. The van der Waals surface area contributed by atoms with Crippen molar-refractivity contribution >= 4 is 21.8 Å². The second-order valence-corrected chi connectivity index (χ2v) is 12.8. The van der Waals surface area contributed by atoms with E-state index < -0.39 is 32.9 Å². The molecule has 0 saturated carbocycles. The SMILES string of the molecule is CCCCC(C)(CC)COC(=O)CC(C)(C(=O)OCC(C)(CC)CCCC)S(=O)(=O)CC. The summed E-state index contributed by atoms with van der Waals surface area (Å²) >= 11 is 0. The first-order valence-electron chi connectivity index (χ1n) is 12.3. The van der Waals surface area contributed by atoms with Crippen LogP contribution in [0.2, 0.25) is 0 Å². The van der Waals surface area contributed by atoms with Crippen molar-refractivity contribution in [2.75, 3.05) is 19.0 Å². The van der Waals surface area contributed by atoms with E-state index in [9.17, 15) is 18.0 Å². The lowest BCUT2D eigenvalue weighted by Gasteiger charge is -2.32. The zero-order valence-corrected chi connectivity index (χ0v) is 22.7. The summed E-state index contributed by atoms with van der Waals surface area (Å²) in [5.74, 6) is -1.80. The topological polar surface area (TPSA) is 86.7 Å². The van der Waals surface area contributed by atoms with Crippen LogP contribution < -0.4 is 0 Å². The molecule has 0 aliphatic carbocycles. The number of carbonyl (C=O) groups excluding carboxylic acids is 2. The van der Waals surface area contributed by atoms with Crippen LogP contribution in [0, 0.1) is 10.8 Å². The van der Waals surface area contributed by atoms with Crippen molar-refractivity contribution < 1.29 is 27.5 Å². The number of esters is 2. The Kier molecular flexibility index (Phi) is 13.1. The fourth-order valence-electron chi connectivity index (χ4n) is 3.51. The van der Waals surface area contributed by atoms with Crippen molar-refractivity contribution in [3.63, 3.8) is 0 Å². The average molecular weight is 477 g/mol. The van der Waals surface area contributed by atoms with Gasteiger partial charge in [0.15, 0.2) is 14.6 Å². The van der Waals surface area contributed by atoms with Crippen LogP contribution in [0.15, 0.2) is 0 Å². The highest BCUT2D eigenvalue weighted by molar-refractivity contribution is 7.93. The molecule has 0 fully saturated rings. The third-order valence-corrected chi connectivity index (χ3v) is 9.53. The Morgan fingerprint density at radius 1 is 0.750 bits per heavy atom. The number of ether oxygens (including phenoxy) is 2. The molecule has 3 unspecified atom stereocenters. The monoisotopic (exact) mass is 476 g/mol. The van der Waals surface area contributed by atoms with Crippen LogP contribution in [0.3, 0.4) is 0 Å². The standard InChI is InChI=1S/C25H48O6S/c1-9-14-16-23(6,11-3)19-30-21(26)18-25(8,32(28,29)13-5)22(27)31-20-24(7,12-4)17-15-10-2/h9-20H2,1-8H3. The maximum Gasteiger partial charge on any atom is 0.327 e. The summed E-state index contributed by atoms with van der Waals surface area (Å²) in [6.07, 6.45) is 7.06. The van der Waals surface area contributed by atoms with Crippen molar-refractivity contribution in [3.8, 4) is 0 Å². The highest BCUT2D eigenvalue weighted by atomic mass is 32.2. The van der Waals surface area contributed by atoms with E-state index in [-0.39, 0.29) is 29.8 Å². The summed E-state index contributed by atoms with van der Waals surface area (Å²) in [4.78, 5) is 25.7. The molecule has 3 atom stereocenters. The van der Waals surface area contributed by atoms with E-state index in [2.05, 4.69) is 27.7 Å². The Morgan fingerprint density at radius 3 is 1.56 bits per heavy atom. The Bertz CT molecular complexity index is 689. The molecule has 7 heteroatoms. The maximum atomic E-state index is 13.0. The van der Waals surface area contributed by atoms with Crippen molar-refractivity contribution in [2.24, 2.45) is 10.8 Å². The van der Waals surface area contributed by atoms with Crippen LogP contribution in [0.1, 0.15) is 113 Å². The Morgan fingerprint density at radius 2 is 1.19 bits per heavy atom. The molecule has 0 N–H and O–H groups in total. The second-order valence-electron chi connectivity index (χ2n) is 10.1. The molecular formula is C25H48O6S. The predicted molar refractivity (Wildman–Crippen MR) is 130 cm³/mol. The number of carbonyl (C=O) groups is 2. The number of unbranched alkanes of at least 4 members (excludes halogenated alkanes) is 2. The van der Waals surface area contributed by atoms with E-state index in [4.69, 9.17) is 9.47 Å². The third kappa shape index (κ3) is 9.03. The lowest BCUT2D eigenvalue weighted by Crippen LogP contribution is -2.48. The molecule has 0 spiro atoms. The van der Waals surface area contributed by atoms with E-state index in [0.29, 0.717) is 0 Å². The molecule has 6 nitrogen and oxygen atoms in total. The van der Waals surface area contributed by atoms with Gasteiger partial charge in [-0.15, -0.1) is 0 Å². The fraction of sp³-hybridized carbons (Fsp3) is 0.920. The summed E-state index contributed by atoms with van der Waals surface area (Å²) < 4.78 is 34.8. The van der Waals surface area contributed by atoms with Crippen molar-refractivity contribution in [3.05, 3.63) is 0 Å². The van der Waals surface area contributed by atoms with Crippen LogP contribution in [0.25, 0.3) is 0 Å². The number of hydrogen-bond acceptors (Lipinski definition) is 6. The molecule has 190 valence electrons. The van der Waals surface area contributed by atoms with Gasteiger partial charge in [0.25, 0.3) is 0 Å². The Labute approximate surface area is 197 Å². The summed E-state index contributed by atoms with van der Waals surface area (Å²) in [6, 6.07) is 0. The highest BCUT2D eigenvalue weighted by Crippen LogP contribution is 2.32. The van der Waals surface area contributed by atoms with E-state index in [0.717, 1.165) is 51.4 Å². The maximum absolute atomic E-state index is 13.0. The van der Waals surface area contributed by atoms with E-state index in [1.807, 2.05) is 13.8 Å². The van der Waals surface area contributed by atoms with Crippen molar-refractivity contribution in [1.29, 1.82) is 0 Å².